The first kappa shape index (κ1) is 9.06. The second-order valence-electron chi connectivity index (χ2n) is 3.06. The molecule has 1 aliphatic carbocycles. The van der Waals surface area contributed by atoms with E-state index in [0.717, 1.165) is 10.6 Å². The molecule has 0 aromatic carbocycles. The summed E-state index contributed by atoms with van der Waals surface area (Å²) in [5.41, 5.74) is 0.786. The van der Waals surface area contributed by atoms with E-state index in [1.54, 1.807) is 12.3 Å². The average Bonchev–Trinajstić information content (AvgIpc) is 3.01. The normalized spacial score (nSPS) is 17.8. The van der Waals surface area contributed by atoms with Crippen LogP contribution in [-0.4, -0.2) is 17.1 Å². The van der Waals surface area contributed by atoms with E-state index in [9.17, 15) is 0 Å². The van der Waals surface area contributed by atoms with Crippen molar-refractivity contribution < 1.29 is 4.74 Å². The van der Waals surface area contributed by atoms with Crippen molar-refractivity contribution in [3.63, 3.8) is 0 Å². The van der Waals surface area contributed by atoms with Gasteiger partial charge in [0.2, 0.25) is 0 Å². The fourth-order valence-electron chi connectivity index (χ4n) is 1.11. The number of aliphatic imine (C=N–C) groups is 1. The summed E-state index contributed by atoms with van der Waals surface area (Å²) in [6.45, 7) is 0. The summed E-state index contributed by atoms with van der Waals surface area (Å²) in [7, 11) is 0. The number of ether oxygens (including phenoxy) is 1. The van der Waals surface area contributed by atoms with Crippen molar-refractivity contribution in [2.75, 3.05) is 0 Å². The van der Waals surface area contributed by atoms with E-state index in [2.05, 4.69) is 14.7 Å². The van der Waals surface area contributed by atoms with Crippen LogP contribution in [0.1, 0.15) is 0 Å². The number of nitrogens with zero attached hydrogens (tertiary/aromatic N) is 2. The van der Waals surface area contributed by atoms with E-state index in [0.29, 0.717) is 11.2 Å². The van der Waals surface area contributed by atoms with E-state index in [-0.39, 0.29) is 6.10 Å². The Labute approximate surface area is 95.5 Å². The van der Waals surface area contributed by atoms with Crippen LogP contribution in [-0.2, 0) is 4.74 Å². The van der Waals surface area contributed by atoms with Crippen molar-refractivity contribution in [2.45, 2.75) is 11.0 Å². The molecule has 0 spiro atoms. The van der Waals surface area contributed by atoms with Gasteiger partial charge in [-0.1, -0.05) is 11.6 Å². The molecule has 76 valence electrons. The van der Waals surface area contributed by atoms with Gasteiger partial charge in [0.1, 0.15) is 11.3 Å². The molecule has 15 heavy (non-hydrogen) atoms. The smallest absolute Gasteiger partial charge is 0.301 e. The lowest BCUT2D eigenvalue weighted by molar-refractivity contribution is 0.304. The van der Waals surface area contributed by atoms with Crippen molar-refractivity contribution >= 4 is 35.3 Å². The first-order valence-electron chi connectivity index (χ1n) is 4.33. The van der Waals surface area contributed by atoms with Crippen LogP contribution in [0.25, 0.3) is 0 Å². The molecule has 2 aliphatic rings. The highest BCUT2D eigenvalue weighted by Crippen LogP contribution is 2.32. The van der Waals surface area contributed by atoms with Crippen LogP contribution >= 0.6 is 23.5 Å². The van der Waals surface area contributed by atoms with Gasteiger partial charge in [-0.15, -0.1) is 0 Å². The zero-order chi connectivity index (χ0) is 10.3. The third-order valence-corrected chi connectivity index (χ3v) is 2.90. The first-order valence-corrected chi connectivity index (χ1v) is 5.53. The first-order chi connectivity index (χ1) is 7.31. The Hall–Kier alpha value is -1.20. The zero-order valence-electron chi connectivity index (χ0n) is 7.48. The van der Waals surface area contributed by atoms with Crippen LogP contribution in [0.5, 0.6) is 0 Å². The number of hydrogen-bond donors (Lipinski definition) is 1. The Kier molecular flexibility index (Phi) is 2.07. The predicted octanol–water partition coefficient (Wildman–Crippen LogP) is 2.29. The molecular weight excluding hydrogens is 234 g/mol. The topological polar surface area (TPSA) is 46.5 Å². The lowest BCUT2D eigenvalue weighted by atomic mass is 10.4. The maximum absolute atomic E-state index is 5.78. The van der Waals surface area contributed by atoms with Crippen molar-refractivity contribution in [1.29, 1.82) is 0 Å². The number of halogens is 1. The molecule has 0 unspecified atom stereocenters. The van der Waals surface area contributed by atoms with Crippen molar-refractivity contribution in [3.05, 3.63) is 29.6 Å². The van der Waals surface area contributed by atoms with E-state index >= 15 is 0 Å². The summed E-state index contributed by atoms with van der Waals surface area (Å²) in [6.07, 6.45) is 5.68. The molecule has 0 saturated heterocycles. The molecule has 0 atom stereocenters. The molecule has 4 nitrogen and oxygen atoms in total. The second-order valence-corrected chi connectivity index (χ2v) is 4.30. The van der Waals surface area contributed by atoms with E-state index in [1.807, 2.05) is 12.2 Å². The Bertz CT molecular complexity index is 468. The standard InChI is InChI=1S/C9H6ClN3OS/c10-8-3-6-7(4-11-8)15-13-9(12-6)14-5-1-2-5/h1-5H,(H,12,13). The van der Waals surface area contributed by atoms with E-state index < -0.39 is 0 Å². The van der Waals surface area contributed by atoms with E-state index in [4.69, 9.17) is 16.3 Å². The molecule has 0 saturated carbocycles. The average molecular weight is 240 g/mol. The van der Waals surface area contributed by atoms with Crippen molar-refractivity contribution in [3.8, 4) is 0 Å². The molecule has 1 N–H and O–H groups in total. The summed E-state index contributed by atoms with van der Waals surface area (Å²) in [5.74, 6) is 0. The van der Waals surface area contributed by atoms with E-state index in [1.165, 1.54) is 11.9 Å². The van der Waals surface area contributed by atoms with Gasteiger partial charge in [-0.05, 0) is 24.1 Å². The predicted molar refractivity (Wildman–Crippen MR) is 59.3 cm³/mol. The minimum atomic E-state index is 0.0932. The van der Waals surface area contributed by atoms with Crippen molar-refractivity contribution in [2.24, 2.45) is 4.99 Å². The lowest BCUT2D eigenvalue weighted by Gasteiger charge is -2.16. The Morgan fingerprint density at radius 1 is 1.47 bits per heavy atom. The molecule has 6 heteroatoms. The van der Waals surface area contributed by atoms with Gasteiger partial charge in [0, 0.05) is 12.3 Å². The summed E-state index contributed by atoms with van der Waals surface area (Å²) in [4.78, 5) is 9.20. The van der Waals surface area contributed by atoms with Crippen LogP contribution in [0, 0.1) is 0 Å². The number of pyridine rings is 1. The number of rotatable bonds is 1. The van der Waals surface area contributed by atoms with Gasteiger partial charge in [0.15, 0.2) is 0 Å². The van der Waals surface area contributed by atoms with Crippen LogP contribution in [0.2, 0.25) is 5.15 Å². The maximum atomic E-state index is 5.78. The Balaban J connectivity index is 1.88. The quantitative estimate of drug-likeness (QED) is 0.464. The van der Waals surface area contributed by atoms with Gasteiger partial charge in [-0.2, -0.15) is 4.99 Å². The van der Waals surface area contributed by atoms with Gasteiger partial charge in [-0.25, -0.2) is 4.98 Å². The Morgan fingerprint density at radius 2 is 2.33 bits per heavy atom. The number of hydrogen-bond acceptors (Lipinski definition) is 5. The summed E-state index contributed by atoms with van der Waals surface area (Å²) in [6, 6.07) is 2.22. The SMILES string of the molecule is Clc1cc2c(cn1)SNC(OC1C=C1)=N2. The summed E-state index contributed by atoms with van der Waals surface area (Å²) in [5, 5.41) is 0.434. The number of amidine groups is 1. The fraction of sp³-hybridized carbons (Fsp3) is 0.111. The van der Waals surface area contributed by atoms with Crippen LogP contribution in [0.15, 0.2) is 34.3 Å². The molecule has 1 aromatic heterocycles. The zero-order valence-corrected chi connectivity index (χ0v) is 9.05. The number of fused-ring (bicyclic) bond motifs is 1. The summed E-state index contributed by atoms with van der Waals surface area (Å²) >= 11 is 7.20. The molecule has 2 heterocycles. The lowest BCUT2D eigenvalue weighted by Crippen LogP contribution is -2.23. The third kappa shape index (κ3) is 1.93. The van der Waals surface area contributed by atoms with Gasteiger partial charge >= 0.3 is 6.02 Å². The van der Waals surface area contributed by atoms with Crippen LogP contribution in [0.3, 0.4) is 0 Å². The Morgan fingerprint density at radius 3 is 3.13 bits per heavy atom. The molecular formula is C9H6ClN3OS. The van der Waals surface area contributed by atoms with Gasteiger partial charge in [-0.3, -0.25) is 4.72 Å². The minimum Gasteiger partial charge on any atom is -0.453 e. The molecule has 1 aromatic rings. The molecule has 0 bridgehead atoms. The third-order valence-electron chi connectivity index (χ3n) is 1.88. The number of nitrogens with one attached hydrogen (secondary N) is 1. The second kappa shape index (κ2) is 3.43. The van der Waals surface area contributed by atoms with Gasteiger partial charge in [0.25, 0.3) is 0 Å². The highest BCUT2D eigenvalue weighted by atomic mass is 35.5. The van der Waals surface area contributed by atoms with Gasteiger partial charge < -0.3 is 4.74 Å². The van der Waals surface area contributed by atoms with Crippen molar-refractivity contribution in [1.82, 2.24) is 9.71 Å². The monoisotopic (exact) mass is 239 g/mol. The maximum Gasteiger partial charge on any atom is 0.301 e. The molecule has 0 amide bonds. The number of aromatic nitrogens is 1. The van der Waals surface area contributed by atoms with Crippen LogP contribution < -0.4 is 4.72 Å². The highest BCUT2D eigenvalue weighted by molar-refractivity contribution is 7.98. The highest BCUT2D eigenvalue weighted by Gasteiger charge is 2.19. The largest absolute Gasteiger partial charge is 0.453 e. The summed E-state index contributed by atoms with van der Waals surface area (Å²) < 4.78 is 8.43. The molecule has 0 radical (unpaired) electrons. The molecule has 0 fully saturated rings. The molecule has 3 rings (SSSR count). The fourth-order valence-corrected chi connectivity index (χ4v) is 1.87. The van der Waals surface area contributed by atoms with Crippen LogP contribution in [0.4, 0.5) is 5.69 Å². The molecule has 1 aliphatic heterocycles. The van der Waals surface area contributed by atoms with Gasteiger partial charge in [0.05, 0.1) is 10.6 Å². The minimum absolute atomic E-state index is 0.0932.